The van der Waals surface area contributed by atoms with Gasteiger partial charge in [0.2, 0.25) is 0 Å². The number of nitrogen functional groups attached to an aromatic ring is 1. The molecule has 0 radical (unpaired) electrons. The topological polar surface area (TPSA) is 78.1 Å². The molecule has 2 aliphatic rings. The molecule has 2 aliphatic carbocycles. The maximum absolute atomic E-state index is 6.86. The van der Waals surface area contributed by atoms with Gasteiger partial charge in [-0.1, -0.05) is 29.8 Å². The van der Waals surface area contributed by atoms with E-state index in [4.69, 9.17) is 17.2 Å². The first-order valence-corrected chi connectivity index (χ1v) is 7.01. The number of hydrogen-bond donors (Lipinski definition) is 3. The first-order valence-electron chi connectivity index (χ1n) is 7.01. The van der Waals surface area contributed by atoms with E-state index in [9.17, 15) is 0 Å². The van der Waals surface area contributed by atoms with E-state index >= 15 is 0 Å². The van der Waals surface area contributed by atoms with E-state index in [2.05, 4.69) is 25.1 Å². The molecule has 4 rings (SSSR count). The van der Waals surface area contributed by atoms with Crippen molar-refractivity contribution >= 4 is 5.69 Å². The van der Waals surface area contributed by atoms with Crippen LogP contribution in [0.15, 0.2) is 36.4 Å². The Morgan fingerprint density at radius 1 is 0.900 bits per heavy atom. The molecule has 2 aromatic rings. The highest BCUT2D eigenvalue weighted by Crippen LogP contribution is 2.53. The second kappa shape index (κ2) is 3.43. The lowest BCUT2D eigenvalue weighted by molar-refractivity contribution is 0.320. The van der Waals surface area contributed by atoms with Crippen molar-refractivity contribution < 1.29 is 0 Å². The van der Waals surface area contributed by atoms with Gasteiger partial charge in [0.05, 0.1) is 11.1 Å². The molecule has 0 spiro atoms. The van der Waals surface area contributed by atoms with Gasteiger partial charge < -0.3 is 17.2 Å². The summed E-state index contributed by atoms with van der Waals surface area (Å²) in [5.74, 6) is 0. The van der Waals surface area contributed by atoms with Crippen molar-refractivity contribution in [2.24, 2.45) is 11.5 Å². The minimum Gasteiger partial charge on any atom is -0.399 e. The molecule has 0 aromatic heterocycles. The zero-order valence-electron chi connectivity index (χ0n) is 11.6. The molecule has 0 saturated heterocycles. The summed E-state index contributed by atoms with van der Waals surface area (Å²) in [6.07, 6.45) is 1.62. The molecule has 2 atom stereocenters. The average Bonchev–Trinajstić information content (AvgIpc) is 2.70. The summed E-state index contributed by atoms with van der Waals surface area (Å²) < 4.78 is 0. The summed E-state index contributed by atoms with van der Waals surface area (Å²) in [6, 6.07) is 12.5. The Bertz CT molecular complexity index is 678. The van der Waals surface area contributed by atoms with Gasteiger partial charge in [-0.05, 0) is 54.2 Å². The number of fused-ring (bicyclic) bond motifs is 5. The smallest absolute Gasteiger partial charge is 0.0860 e. The molecule has 0 heterocycles. The number of anilines is 1. The van der Waals surface area contributed by atoms with Gasteiger partial charge in [0.25, 0.3) is 0 Å². The van der Waals surface area contributed by atoms with Crippen molar-refractivity contribution in [3.63, 3.8) is 0 Å². The number of nitrogens with two attached hydrogens (primary N) is 3. The van der Waals surface area contributed by atoms with Gasteiger partial charge >= 0.3 is 0 Å². The maximum atomic E-state index is 6.86. The fourth-order valence-corrected chi connectivity index (χ4v) is 4.10. The van der Waals surface area contributed by atoms with Crippen LogP contribution in [-0.2, 0) is 18.4 Å². The average molecular weight is 265 g/mol. The lowest BCUT2D eigenvalue weighted by Gasteiger charge is -2.35. The van der Waals surface area contributed by atoms with Crippen LogP contribution in [0.5, 0.6) is 0 Å². The molecule has 3 nitrogen and oxygen atoms in total. The van der Waals surface area contributed by atoms with E-state index < -0.39 is 11.1 Å². The zero-order chi connectivity index (χ0) is 14.1. The molecule has 0 bridgehead atoms. The van der Waals surface area contributed by atoms with Gasteiger partial charge in [0, 0.05) is 5.69 Å². The molecule has 2 aromatic carbocycles. The van der Waals surface area contributed by atoms with Crippen LogP contribution in [0.2, 0.25) is 0 Å². The van der Waals surface area contributed by atoms with Crippen molar-refractivity contribution in [2.45, 2.75) is 30.8 Å². The summed E-state index contributed by atoms with van der Waals surface area (Å²) in [6.45, 7) is 2.11. The third-order valence-electron chi connectivity index (χ3n) is 5.04. The summed E-state index contributed by atoms with van der Waals surface area (Å²) in [5.41, 5.74) is 25.3. The predicted octanol–water partition coefficient (Wildman–Crippen LogP) is 1.59. The highest BCUT2D eigenvalue weighted by Gasteiger charge is 2.58. The lowest BCUT2D eigenvalue weighted by Crippen LogP contribution is -2.59. The Balaban J connectivity index is 2.01. The monoisotopic (exact) mass is 265 g/mol. The molecule has 0 aliphatic heterocycles. The standard InChI is InChI=1S/C17H19N3/c1-10-2-4-14-11(6-10)8-16(19)9-12-7-13(18)3-5-15(12)17(14,16)20/h2-7H,8-9,18-20H2,1H3. The van der Waals surface area contributed by atoms with Crippen LogP contribution in [0, 0.1) is 6.92 Å². The first-order chi connectivity index (χ1) is 9.44. The summed E-state index contributed by atoms with van der Waals surface area (Å²) in [4.78, 5) is 0. The fraction of sp³-hybridized carbons (Fsp3) is 0.294. The largest absolute Gasteiger partial charge is 0.399 e. The van der Waals surface area contributed by atoms with Crippen molar-refractivity contribution in [1.82, 2.24) is 0 Å². The summed E-state index contributed by atoms with van der Waals surface area (Å²) in [5, 5.41) is 0. The predicted molar refractivity (Wildman–Crippen MR) is 81.3 cm³/mol. The van der Waals surface area contributed by atoms with E-state index in [-0.39, 0.29) is 0 Å². The second-order valence-corrected chi connectivity index (χ2v) is 6.39. The van der Waals surface area contributed by atoms with Crippen LogP contribution in [0.4, 0.5) is 5.69 Å². The van der Waals surface area contributed by atoms with Crippen molar-refractivity contribution in [2.75, 3.05) is 5.73 Å². The maximum Gasteiger partial charge on any atom is 0.0860 e. The third kappa shape index (κ3) is 1.22. The highest BCUT2D eigenvalue weighted by molar-refractivity contribution is 5.62. The first kappa shape index (κ1) is 11.9. The Morgan fingerprint density at radius 2 is 1.50 bits per heavy atom. The molecule has 0 amide bonds. The van der Waals surface area contributed by atoms with Gasteiger partial charge in [0.1, 0.15) is 0 Å². The number of aryl methyl sites for hydroxylation is 1. The molecular weight excluding hydrogens is 246 g/mol. The Hall–Kier alpha value is -1.84. The quantitative estimate of drug-likeness (QED) is 0.633. The number of rotatable bonds is 0. The minimum absolute atomic E-state index is 0.431. The molecule has 102 valence electrons. The Labute approximate surface area is 118 Å². The van der Waals surface area contributed by atoms with Crippen molar-refractivity contribution in [3.05, 3.63) is 64.2 Å². The van der Waals surface area contributed by atoms with Crippen LogP contribution in [0.3, 0.4) is 0 Å². The van der Waals surface area contributed by atoms with Crippen LogP contribution < -0.4 is 17.2 Å². The van der Waals surface area contributed by atoms with E-state index in [1.165, 1.54) is 22.3 Å². The second-order valence-electron chi connectivity index (χ2n) is 6.39. The molecular formula is C17H19N3. The van der Waals surface area contributed by atoms with Gasteiger partial charge in [0.15, 0.2) is 0 Å². The molecule has 20 heavy (non-hydrogen) atoms. The Morgan fingerprint density at radius 3 is 2.20 bits per heavy atom. The van der Waals surface area contributed by atoms with Crippen LogP contribution in [0.1, 0.15) is 27.8 Å². The Kier molecular flexibility index (Phi) is 2.05. The van der Waals surface area contributed by atoms with Crippen LogP contribution in [0.25, 0.3) is 0 Å². The van der Waals surface area contributed by atoms with E-state index in [0.717, 1.165) is 24.1 Å². The normalized spacial score (nSPS) is 29.9. The third-order valence-corrected chi connectivity index (χ3v) is 5.04. The summed E-state index contributed by atoms with van der Waals surface area (Å²) >= 11 is 0. The van der Waals surface area contributed by atoms with E-state index in [0.29, 0.717) is 0 Å². The lowest BCUT2D eigenvalue weighted by atomic mass is 9.78. The molecule has 0 saturated carbocycles. The fourth-order valence-electron chi connectivity index (χ4n) is 4.10. The summed E-state index contributed by atoms with van der Waals surface area (Å²) in [7, 11) is 0. The SMILES string of the molecule is Cc1ccc2c(c1)CC1(N)Cc3cc(N)ccc3C21N. The van der Waals surface area contributed by atoms with E-state index in [1.54, 1.807) is 0 Å². The van der Waals surface area contributed by atoms with Crippen molar-refractivity contribution in [3.8, 4) is 0 Å². The van der Waals surface area contributed by atoms with Gasteiger partial charge in [-0.25, -0.2) is 0 Å². The van der Waals surface area contributed by atoms with Crippen LogP contribution in [-0.4, -0.2) is 5.54 Å². The van der Waals surface area contributed by atoms with Gasteiger partial charge in [-0.15, -0.1) is 0 Å². The van der Waals surface area contributed by atoms with E-state index in [1.807, 2.05) is 18.2 Å². The molecule has 2 unspecified atom stereocenters. The van der Waals surface area contributed by atoms with Crippen molar-refractivity contribution in [1.29, 1.82) is 0 Å². The van der Waals surface area contributed by atoms with Crippen LogP contribution >= 0.6 is 0 Å². The molecule has 6 N–H and O–H groups in total. The minimum atomic E-state index is -0.584. The zero-order valence-corrected chi connectivity index (χ0v) is 11.6. The van der Waals surface area contributed by atoms with Gasteiger partial charge in [-0.2, -0.15) is 0 Å². The number of hydrogen-bond acceptors (Lipinski definition) is 3. The highest BCUT2D eigenvalue weighted by atomic mass is 15.0. The molecule has 3 heteroatoms. The van der Waals surface area contributed by atoms with Gasteiger partial charge in [-0.3, -0.25) is 0 Å². The number of benzene rings is 2. The molecule has 0 fully saturated rings.